The van der Waals surface area contributed by atoms with Gasteiger partial charge in [0.2, 0.25) is 5.95 Å². The van der Waals surface area contributed by atoms with Crippen LogP contribution >= 0.6 is 11.6 Å². The van der Waals surface area contributed by atoms with Crippen molar-refractivity contribution >= 4 is 29.1 Å². The SMILES string of the molecule is Clc1cccc(Nc2cnnc(N3CCOCC3)n2)c1. The topological polar surface area (TPSA) is 63.2 Å². The highest BCUT2D eigenvalue weighted by Crippen LogP contribution is 2.19. The molecule has 0 saturated carbocycles. The summed E-state index contributed by atoms with van der Waals surface area (Å²) in [4.78, 5) is 6.52. The molecule has 0 amide bonds. The number of nitrogens with zero attached hydrogens (tertiary/aromatic N) is 4. The molecule has 0 bridgehead atoms. The average Bonchev–Trinajstić information content (AvgIpc) is 2.48. The summed E-state index contributed by atoms with van der Waals surface area (Å²) >= 11 is 5.95. The summed E-state index contributed by atoms with van der Waals surface area (Å²) in [6.07, 6.45) is 1.59. The van der Waals surface area contributed by atoms with Crippen molar-refractivity contribution in [2.75, 3.05) is 36.5 Å². The lowest BCUT2D eigenvalue weighted by Crippen LogP contribution is -2.37. The van der Waals surface area contributed by atoms with Gasteiger partial charge in [0.15, 0.2) is 5.82 Å². The second-order valence-electron chi connectivity index (χ2n) is 4.38. The second-order valence-corrected chi connectivity index (χ2v) is 4.81. The van der Waals surface area contributed by atoms with E-state index in [1.807, 2.05) is 24.3 Å². The first-order valence-corrected chi connectivity index (χ1v) is 6.74. The summed E-state index contributed by atoms with van der Waals surface area (Å²) in [7, 11) is 0. The Bertz CT molecular complexity index is 588. The van der Waals surface area contributed by atoms with E-state index in [1.54, 1.807) is 6.20 Å². The summed E-state index contributed by atoms with van der Waals surface area (Å²) in [5.41, 5.74) is 0.867. The monoisotopic (exact) mass is 291 g/mol. The molecule has 104 valence electrons. The van der Waals surface area contributed by atoms with E-state index in [0.29, 0.717) is 30.0 Å². The molecule has 0 atom stereocenters. The molecule has 2 heterocycles. The average molecular weight is 292 g/mol. The maximum Gasteiger partial charge on any atom is 0.247 e. The highest BCUT2D eigenvalue weighted by molar-refractivity contribution is 6.30. The number of halogens is 1. The van der Waals surface area contributed by atoms with Crippen LogP contribution in [-0.2, 0) is 4.74 Å². The molecule has 1 saturated heterocycles. The molecular weight excluding hydrogens is 278 g/mol. The van der Waals surface area contributed by atoms with E-state index in [-0.39, 0.29) is 0 Å². The number of morpholine rings is 1. The number of hydrogen-bond acceptors (Lipinski definition) is 6. The molecule has 0 unspecified atom stereocenters. The molecule has 0 spiro atoms. The molecule has 1 fully saturated rings. The van der Waals surface area contributed by atoms with Crippen LogP contribution in [0.2, 0.25) is 5.02 Å². The lowest BCUT2D eigenvalue weighted by atomic mass is 10.3. The van der Waals surface area contributed by atoms with E-state index in [4.69, 9.17) is 16.3 Å². The van der Waals surface area contributed by atoms with Gasteiger partial charge in [-0.15, -0.1) is 5.10 Å². The molecule has 2 aromatic rings. The minimum absolute atomic E-state index is 0.611. The number of rotatable bonds is 3. The third-order valence-corrected chi connectivity index (χ3v) is 3.17. The molecule has 7 heteroatoms. The number of hydrogen-bond donors (Lipinski definition) is 1. The molecule has 1 aromatic carbocycles. The van der Waals surface area contributed by atoms with E-state index in [2.05, 4.69) is 25.4 Å². The summed E-state index contributed by atoms with van der Waals surface area (Å²) in [5, 5.41) is 11.9. The maximum absolute atomic E-state index is 5.95. The zero-order valence-electron chi connectivity index (χ0n) is 10.8. The standard InChI is InChI=1S/C13H14ClN5O/c14-10-2-1-3-11(8-10)16-12-9-15-18-13(17-12)19-4-6-20-7-5-19/h1-3,8-9H,4-7H2,(H,16,17,18). The Hall–Kier alpha value is -1.92. The lowest BCUT2D eigenvalue weighted by molar-refractivity contribution is 0.122. The Labute approximate surface area is 121 Å². The van der Waals surface area contributed by atoms with Crippen LogP contribution in [0.5, 0.6) is 0 Å². The summed E-state index contributed by atoms with van der Waals surface area (Å²) < 4.78 is 5.31. The van der Waals surface area contributed by atoms with Crippen LogP contribution in [0.4, 0.5) is 17.5 Å². The van der Waals surface area contributed by atoms with Crippen molar-refractivity contribution in [3.63, 3.8) is 0 Å². The van der Waals surface area contributed by atoms with Gasteiger partial charge in [0, 0.05) is 23.8 Å². The van der Waals surface area contributed by atoms with Gasteiger partial charge in [-0.25, -0.2) is 0 Å². The fourth-order valence-corrected chi connectivity index (χ4v) is 2.16. The highest BCUT2D eigenvalue weighted by Gasteiger charge is 2.14. The van der Waals surface area contributed by atoms with Crippen LogP contribution in [0, 0.1) is 0 Å². The largest absolute Gasteiger partial charge is 0.378 e. The molecule has 1 aliphatic rings. The Morgan fingerprint density at radius 3 is 2.90 bits per heavy atom. The van der Waals surface area contributed by atoms with Crippen molar-refractivity contribution in [3.05, 3.63) is 35.5 Å². The zero-order valence-corrected chi connectivity index (χ0v) is 11.5. The molecule has 0 radical (unpaired) electrons. The first-order chi connectivity index (χ1) is 9.81. The molecule has 20 heavy (non-hydrogen) atoms. The van der Waals surface area contributed by atoms with Crippen molar-refractivity contribution < 1.29 is 4.74 Å². The highest BCUT2D eigenvalue weighted by atomic mass is 35.5. The van der Waals surface area contributed by atoms with E-state index in [0.717, 1.165) is 18.8 Å². The summed E-state index contributed by atoms with van der Waals surface area (Å²) in [6.45, 7) is 2.94. The van der Waals surface area contributed by atoms with E-state index < -0.39 is 0 Å². The van der Waals surface area contributed by atoms with E-state index >= 15 is 0 Å². The Morgan fingerprint density at radius 1 is 1.25 bits per heavy atom. The molecule has 0 aliphatic carbocycles. The van der Waals surface area contributed by atoms with Crippen LogP contribution in [-0.4, -0.2) is 41.5 Å². The van der Waals surface area contributed by atoms with Gasteiger partial charge < -0.3 is 15.0 Å². The number of ether oxygens (including phenoxy) is 1. The number of aromatic nitrogens is 3. The van der Waals surface area contributed by atoms with Gasteiger partial charge in [0.1, 0.15) is 0 Å². The number of nitrogens with one attached hydrogen (secondary N) is 1. The predicted octanol–water partition coefficient (Wildman–Crippen LogP) is 2.11. The molecule has 3 rings (SSSR count). The van der Waals surface area contributed by atoms with Crippen molar-refractivity contribution in [3.8, 4) is 0 Å². The van der Waals surface area contributed by atoms with Crippen LogP contribution in [0.25, 0.3) is 0 Å². The van der Waals surface area contributed by atoms with Crippen molar-refractivity contribution in [1.29, 1.82) is 0 Å². The van der Waals surface area contributed by atoms with Gasteiger partial charge in [0.05, 0.1) is 19.4 Å². The smallest absolute Gasteiger partial charge is 0.247 e. The number of benzene rings is 1. The third kappa shape index (κ3) is 3.15. The van der Waals surface area contributed by atoms with Crippen LogP contribution in [0.3, 0.4) is 0 Å². The molecule has 1 N–H and O–H groups in total. The summed E-state index contributed by atoms with van der Waals surface area (Å²) in [5.74, 6) is 1.25. The third-order valence-electron chi connectivity index (χ3n) is 2.94. The van der Waals surface area contributed by atoms with Crippen LogP contribution in [0.1, 0.15) is 0 Å². The zero-order chi connectivity index (χ0) is 13.8. The van der Waals surface area contributed by atoms with Crippen molar-refractivity contribution in [2.45, 2.75) is 0 Å². The van der Waals surface area contributed by atoms with Gasteiger partial charge in [-0.1, -0.05) is 17.7 Å². The van der Waals surface area contributed by atoms with Gasteiger partial charge >= 0.3 is 0 Å². The van der Waals surface area contributed by atoms with Crippen molar-refractivity contribution in [2.24, 2.45) is 0 Å². The molecule has 1 aliphatic heterocycles. The first kappa shape index (κ1) is 13.1. The molecular formula is C13H14ClN5O. The Morgan fingerprint density at radius 2 is 2.10 bits per heavy atom. The Balaban J connectivity index is 1.77. The second kappa shape index (κ2) is 6.02. The minimum Gasteiger partial charge on any atom is -0.378 e. The lowest BCUT2D eigenvalue weighted by Gasteiger charge is -2.26. The van der Waals surface area contributed by atoms with Gasteiger partial charge in [-0.2, -0.15) is 10.1 Å². The van der Waals surface area contributed by atoms with Gasteiger partial charge in [-0.3, -0.25) is 0 Å². The quantitative estimate of drug-likeness (QED) is 0.934. The maximum atomic E-state index is 5.95. The minimum atomic E-state index is 0.611. The van der Waals surface area contributed by atoms with E-state index in [9.17, 15) is 0 Å². The number of anilines is 3. The fraction of sp³-hybridized carbons (Fsp3) is 0.308. The predicted molar refractivity (Wildman–Crippen MR) is 77.6 cm³/mol. The van der Waals surface area contributed by atoms with Crippen molar-refractivity contribution in [1.82, 2.24) is 15.2 Å². The van der Waals surface area contributed by atoms with Gasteiger partial charge in [0.25, 0.3) is 0 Å². The van der Waals surface area contributed by atoms with E-state index in [1.165, 1.54) is 0 Å². The molecule has 6 nitrogen and oxygen atoms in total. The fourth-order valence-electron chi connectivity index (χ4n) is 1.97. The van der Waals surface area contributed by atoms with Gasteiger partial charge in [-0.05, 0) is 18.2 Å². The van der Waals surface area contributed by atoms with Crippen LogP contribution < -0.4 is 10.2 Å². The normalized spacial score (nSPS) is 15.2. The van der Waals surface area contributed by atoms with Crippen LogP contribution in [0.15, 0.2) is 30.5 Å². The molecule has 1 aromatic heterocycles. The summed E-state index contributed by atoms with van der Waals surface area (Å²) in [6, 6.07) is 7.45. The first-order valence-electron chi connectivity index (χ1n) is 6.36. The Kier molecular flexibility index (Phi) is 3.94.